The van der Waals surface area contributed by atoms with Crippen LogP contribution in [0.5, 0.6) is 0 Å². The SMILES string of the molecule is C=CCNCC(N)C(=O)C(F)(F)F. The van der Waals surface area contributed by atoms with Crippen molar-refractivity contribution in [2.45, 2.75) is 12.2 Å². The van der Waals surface area contributed by atoms with Gasteiger partial charge in [0.2, 0.25) is 0 Å². The minimum absolute atomic E-state index is 0.204. The van der Waals surface area contributed by atoms with Crippen LogP contribution < -0.4 is 11.1 Å². The van der Waals surface area contributed by atoms with Crippen LogP contribution in [0.1, 0.15) is 0 Å². The molecule has 0 aliphatic carbocycles. The summed E-state index contributed by atoms with van der Waals surface area (Å²) in [5.74, 6) is -1.91. The molecule has 0 aromatic heterocycles. The summed E-state index contributed by atoms with van der Waals surface area (Å²) in [6.45, 7) is 3.45. The Balaban J connectivity index is 3.90. The normalized spacial score (nSPS) is 13.8. The first-order valence-corrected chi connectivity index (χ1v) is 3.57. The van der Waals surface area contributed by atoms with Crippen LogP contribution in [0, 0.1) is 0 Å². The molecule has 0 heterocycles. The van der Waals surface area contributed by atoms with Crippen molar-refractivity contribution in [1.82, 2.24) is 5.32 Å². The zero-order valence-electron chi connectivity index (χ0n) is 6.90. The highest BCUT2D eigenvalue weighted by Gasteiger charge is 2.41. The average molecular weight is 196 g/mol. The van der Waals surface area contributed by atoms with E-state index >= 15 is 0 Å². The van der Waals surface area contributed by atoms with Gasteiger partial charge in [-0.3, -0.25) is 4.79 Å². The first-order chi connectivity index (χ1) is 5.89. The van der Waals surface area contributed by atoms with E-state index in [4.69, 9.17) is 5.73 Å². The van der Waals surface area contributed by atoms with Crippen LogP contribution in [0.15, 0.2) is 12.7 Å². The number of alkyl halides is 3. The van der Waals surface area contributed by atoms with Gasteiger partial charge in [-0.05, 0) is 0 Å². The minimum Gasteiger partial charge on any atom is -0.320 e. The maximum atomic E-state index is 11.7. The van der Waals surface area contributed by atoms with Crippen LogP contribution in [0.4, 0.5) is 13.2 Å². The highest BCUT2D eigenvalue weighted by atomic mass is 19.4. The monoisotopic (exact) mass is 196 g/mol. The number of nitrogens with one attached hydrogen (secondary N) is 1. The molecule has 0 bridgehead atoms. The molecule has 0 amide bonds. The van der Waals surface area contributed by atoms with Gasteiger partial charge in [-0.1, -0.05) is 6.08 Å². The van der Waals surface area contributed by atoms with Crippen molar-refractivity contribution in [1.29, 1.82) is 0 Å². The van der Waals surface area contributed by atoms with Crippen molar-refractivity contribution in [3.63, 3.8) is 0 Å². The molecular formula is C7H11F3N2O. The van der Waals surface area contributed by atoms with E-state index in [1.807, 2.05) is 0 Å². The molecule has 76 valence electrons. The molecular weight excluding hydrogens is 185 g/mol. The van der Waals surface area contributed by atoms with E-state index in [2.05, 4.69) is 11.9 Å². The topological polar surface area (TPSA) is 55.1 Å². The standard InChI is InChI=1S/C7H11F3N2O/c1-2-3-12-4-5(11)6(13)7(8,9)10/h2,5,12H,1,3-4,11H2. The number of carbonyl (C=O) groups is 1. The smallest absolute Gasteiger partial charge is 0.320 e. The zero-order valence-corrected chi connectivity index (χ0v) is 6.90. The number of hydrogen-bond donors (Lipinski definition) is 2. The molecule has 0 saturated carbocycles. The molecule has 0 aromatic carbocycles. The first kappa shape index (κ1) is 12.1. The summed E-state index contributed by atoms with van der Waals surface area (Å²) in [6, 6.07) is -1.54. The fraction of sp³-hybridized carbons (Fsp3) is 0.571. The van der Waals surface area contributed by atoms with Crippen molar-refractivity contribution >= 4 is 5.78 Å². The third kappa shape index (κ3) is 4.64. The number of ketones is 1. The molecule has 1 atom stereocenters. The van der Waals surface area contributed by atoms with Crippen molar-refractivity contribution in [3.8, 4) is 0 Å². The van der Waals surface area contributed by atoms with E-state index < -0.39 is 18.0 Å². The summed E-state index contributed by atoms with van der Waals surface area (Å²) in [5.41, 5.74) is 4.98. The van der Waals surface area contributed by atoms with E-state index in [0.29, 0.717) is 6.54 Å². The third-order valence-corrected chi connectivity index (χ3v) is 1.27. The summed E-state index contributed by atoms with van der Waals surface area (Å²) < 4.78 is 35.2. The zero-order chi connectivity index (χ0) is 10.5. The second-order valence-electron chi connectivity index (χ2n) is 2.42. The number of rotatable bonds is 5. The molecule has 0 spiro atoms. The largest absolute Gasteiger partial charge is 0.451 e. The Kier molecular flexibility index (Phi) is 4.64. The highest BCUT2D eigenvalue weighted by Crippen LogP contribution is 2.16. The molecule has 0 aliphatic heterocycles. The van der Waals surface area contributed by atoms with Gasteiger partial charge in [0.25, 0.3) is 5.78 Å². The van der Waals surface area contributed by atoms with Crippen LogP contribution in [0.3, 0.4) is 0 Å². The molecule has 0 rings (SSSR count). The van der Waals surface area contributed by atoms with Crippen LogP contribution >= 0.6 is 0 Å². The second-order valence-corrected chi connectivity index (χ2v) is 2.42. The lowest BCUT2D eigenvalue weighted by Crippen LogP contribution is -2.46. The number of hydrogen-bond acceptors (Lipinski definition) is 3. The third-order valence-electron chi connectivity index (χ3n) is 1.27. The van der Waals surface area contributed by atoms with Crippen LogP contribution in [-0.2, 0) is 4.79 Å². The van der Waals surface area contributed by atoms with Crippen molar-refractivity contribution in [2.75, 3.05) is 13.1 Å². The van der Waals surface area contributed by atoms with Crippen LogP contribution in [-0.4, -0.2) is 31.1 Å². The molecule has 3 N–H and O–H groups in total. The molecule has 0 fully saturated rings. The van der Waals surface area contributed by atoms with E-state index in [0.717, 1.165) is 0 Å². The minimum atomic E-state index is -4.85. The predicted molar refractivity (Wildman–Crippen MR) is 42.1 cm³/mol. The van der Waals surface area contributed by atoms with Gasteiger partial charge in [0, 0.05) is 13.1 Å². The Morgan fingerprint density at radius 1 is 1.62 bits per heavy atom. The fourth-order valence-electron chi connectivity index (χ4n) is 0.644. The highest BCUT2D eigenvalue weighted by molar-refractivity contribution is 5.89. The molecule has 0 saturated heterocycles. The average Bonchev–Trinajstić information content (AvgIpc) is 2.01. The Bertz CT molecular complexity index is 191. The maximum absolute atomic E-state index is 11.7. The van der Waals surface area contributed by atoms with Crippen LogP contribution in [0.25, 0.3) is 0 Å². The van der Waals surface area contributed by atoms with Crippen molar-refractivity contribution in [2.24, 2.45) is 5.73 Å². The summed E-state index contributed by atoms with van der Waals surface area (Å²) in [7, 11) is 0. The molecule has 6 heteroatoms. The summed E-state index contributed by atoms with van der Waals surface area (Å²) in [5, 5.41) is 2.52. The van der Waals surface area contributed by atoms with Gasteiger partial charge >= 0.3 is 6.18 Å². The lowest BCUT2D eigenvalue weighted by molar-refractivity contribution is -0.172. The Labute approximate surface area is 73.8 Å². The Morgan fingerprint density at radius 2 is 2.15 bits per heavy atom. The summed E-state index contributed by atoms with van der Waals surface area (Å²) in [4.78, 5) is 10.4. The van der Waals surface area contributed by atoms with E-state index in [9.17, 15) is 18.0 Å². The molecule has 0 aliphatic rings. The summed E-state index contributed by atoms with van der Waals surface area (Å²) >= 11 is 0. The van der Waals surface area contributed by atoms with Gasteiger partial charge in [0.15, 0.2) is 0 Å². The van der Waals surface area contributed by atoms with Gasteiger partial charge in [0.05, 0.1) is 6.04 Å². The Hall–Kier alpha value is -0.880. The second kappa shape index (κ2) is 4.98. The predicted octanol–water partition coefficient (Wildman–Crippen LogP) is 0.221. The van der Waals surface area contributed by atoms with Crippen molar-refractivity contribution in [3.05, 3.63) is 12.7 Å². The fourth-order valence-corrected chi connectivity index (χ4v) is 0.644. The van der Waals surface area contributed by atoms with Crippen molar-refractivity contribution < 1.29 is 18.0 Å². The van der Waals surface area contributed by atoms with Gasteiger partial charge in [-0.2, -0.15) is 13.2 Å². The first-order valence-electron chi connectivity index (χ1n) is 3.57. The molecule has 1 unspecified atom stereocenters. The quantitative estimate of drug-likeness (QED) is 0.488. The van der Waals surface area contributed by atoms with Gasteiger partial charge in [0.1, 0.15) is 0 Å². The number of Topliss-reactive ketones (excluding diaryl/α,β-unsaturated/α-hetero) is 1. The maximum Gasteiger partial charge on any atom is 0.451 e. The number of carbonyl (C=O) groups excluding carboxylic acids is 1. The lowest BCUT2D eigenvalue weighted by Gasteiger charge is -2.12. The van der Waals surface area contributed by atoms with Gasteiger partial charge < -0.3 is 11.1 Å². The van der Waals surface area contributed by atoms with E-state index in [1.165, 1.54) is 6.08 Å². The molecule has 0 radical (unpaired) electrons. The number of halogens is 3. The Morgan fingerprint density at radius 3 is 2.54 bits per heavy atom. The summed E-state index contributed by atoms with van der Waals surface area (Å²) in [6.07, 6.45) is -3.39. The van der Waals surface area contributed by atoms with E-state index in [1.54, 1.807) is 0 Å². The number of nitrogens with two attached hydrogens (primary N) is 1. The van der Waals surface area contributed by atoms with Gasteiger partial charge in [-0.15, -0.1) is 6.58 Å². The van der Waals surface area contributed by atoms with Crippen LogP contribution in [0.2, 0.25) is 0 Å². The van der Waals surface area contributed by atoms with Gasteiger partial charge in [-0.25, -0.2) is 0 Å². The molecule has 0 aromatic rings. The van der Waals surface area contributed by atoms with E-state index in [-0.39, 0.29) is 6.54 Å². The molecule has 13 heavy (non-hydrogen) atoms. The lowest BCUT2D eigenvalue weighted by atomic mass is 10.2. The molecule has 3 nitrogen and oxygen atoms in total.